The Morgan fingerprint density at radius 2 is 1.97 bits per heavy atom. The van der Waals surface area contributed by atoms with Gasteiger partial charge in [0, 0.05) is 18.5 Å². The number of carbonyl (C=O) groups is 1. The lowest BCUT2D eigenvalue weighted by atomic mass is 9.86. The second-order valence-corrected chi connectivity index (χ2v) is 9.77. The van der Waals surface area contributed by atoms with Crippen LogP contribution in [0, 0.1) is 24.7 Å². The van der Waals surface area contributed by atoms with Gasteiger partial charge in [-0.25, -0.2) is 4.98 Å². The summed E-state index contributed by atoms with van der Waals surface area (Å²) in [5, 5.41) is 6.59. The van der Waals surface area contributed by atoms with Crippen LogP contribution >= 0.6 is 0 Å². The molecular weight excluding hydrogens is 360 g/mol. The van der Waals surface area contributed by atoms with Gasteiger partial charge >= 0.3 is 0 Å². The van der Waals surface area contributed by atoms with E-state index in [4.69, 9.17) is 4.98 Å². The van der Waals surface area contributed by atoms with Crippen molar-refractivity contribution >= 4 is 16.9 Å². The van der Waals surface area contributed by atoms with Gasteiger partial charge in [0.15, 0.2) is 0 Å². The van der Waals surface area contributed by atoms with Crippen LogP contribution in [0.4, 0.5) is 0 Å². The number of rotatable bonds is 5. The van der Waals surface area contributed by atoms with E-state index in [0.29, 0.717) is 17.9 Å². The van der Waals surface area contributed by atoms with E-state index in [9.17, 15) is 4.79 Å². The first kappa shape index (κ1) is 19.1. The number of aromatic nitrogens is 2. The third kappa shape index (κ3) is 3.58. The molecule has 1 aromatic carbocycles. The molecule has 3 atom stereocenters. The predicted molar refractivity (Wildman–Crippen MR) is 116 cm³/mol. The largest absolute Gasteiger partial charge is 0.352 e. The van der Waals surface area contributed by atoms with Crippen LogP contribution in [-0.4, -0.2) is 35.5 Å². The van der Waals surface area contributed by atoms with Crippen molar-refractivity contribution in [3.05, 3.63) is 29.1 Å². The maximum absolute atomic E-state index is 13.0. The van der Waals surface area contributed by atoms with Gasteiger partial charge in [0.25, 0.3) is 5.91 Å². The zero-order valence-corrected chi connectivity index (χ0v) is 17.8. The fourth-order valence-electron chi connectivity index (χ4n) is 6.17. The van der Waals surface area contributed by atoms with Crippen molar-refractivity contribution in [2.75, 3.05) is 13.6 Å². The number of hydrogen-bond donors (Lipinski definition) is 3. The van der Waals surface area contributed by atoms with Crippen molar-refractivity contribution < 1.29 is 4.79 Å². The van der Waals surface area contributed by atoms with Crippen LogP contribution in [0.25, 0.3) is 11.0 Å². The minimum Gasteiger partial charge on any atom is -0.352 e. The molecule has 1 aromatic heterocycles. The summed E-state index contributed by atoms with van der Waals surface area (Å²) in [7, 11) is 2.05. The molecule has 3 aliphatic rings. The number of amides is 1. The molecule has 0 radical (unpaired) electrons. The highest BCUT2D eigenvalue weighted by Crippen LogP contribution is 2.52. The maximum Gasteiger partial charge on any atom is 0.253 e. The minimum absolute atomic E-state index is 0.0360. The molecule has 3 fully saturated rings. The standard InChI is InChI=1S/C24H34N4O/c1-14-3-10-19(24(29)26-13-15-5-8-18(25-2)9-6-15)22-21(14)27-23(28-22)20-12-16-4-7-17(20)11-16/h3,10,15-18,20,25H,4-9,11-13H2,1-2H3,(H,26,29)(H,27,28). The summed E-state index contributed by atoms with van der Waals surface area (Å²) in [6.07, 6.45) is 10.2. The van der Waals surface area contributed by atoms with E-state index in [1.165, 1.54) is 51.4 Å². The first-order chi connectivity index (χ1) is 14.1. The Balaban J connectivity index is 1.32. The summed E-state index contributed by atoms with van der Waals surface area (Å²) < 4.78 is 0. The smallest absolute Gasteiger partial charge is 0.253 e. The normalized spacial score (nSPS) is 31.4. The molecule has 1 heterocycles. The molecule has 0 aliphatic heterocycles. The number of carbonyl (C=O) groups excluding carboxylic acids is 1. The topological polar surface area (TPSA) is 69.8 Å². The number of fused-ring (bicyclic) bond motifs is 3. The summed E-state index contributed by atoms with van der Waals surface area (Å²) in [6, 6.07) is 4.65. The molecule has 0 spiro atoms. The highest BCUT2D eigenvalue weighted by molar-refractivity contribution is 6.05. The van der Waals surface area contributed by atoms with Gasteiger partial charge in [-0.1, -0.05) is 12.5 Å². The zero-order chi connectivity index (χ0) is 20.0. The quantitative estimate of drug-likeness (QED) is 0.709. The monoisotopic (exact) mass is 394 g/mol. The van der Waals surface area contributed by atoms with Crippen LogP contribution in [0.15, 0.2) is 12.1 Å². The first-order valence-corrected chi connectivity index (χ1v) is 11.6. The Morgan fingerprint density at radius 3 is 2.66 bits per heavy atom. The van der Waals surface area contributed by atoms with Crippen LogP contribution < -0.4 is 10.6 Å². The predicted octanol–water partition coefficient (Wildman–Crippen LogP) is 4.28. The number of nitrogens with zero attached hydrogens (tertiary/aromatic N) is 1. The number of aryl methyl sites for hydroxylation is 1. The third-order valence-corrected chi connectivity index (χ3v) is 8.01. The van der Waals surface area contributed by atoms with Gasteiger partial charge in [0.05, 0.1) is 16.6 Å². The molecule has 3 N–H and O–H groups in total. The van der Waals surface area contributed by atoms with Crippen molar-refractivity contribution in [1.82, 2.24) is 20.6 Å². The maximum atomic E-state index is 13.0. The summed E-state index contributed by atoms with van der Waals surface area (Å²) in [6.45, 7) is 2.87. The fourth-order valence-corrected chi connectivity index (χ4v) is 6.17. The molecule has 3 saturated carbocycles. The third-order valence-electron chi connectivity index (χ3n) is 8.01. The average Bonchev–Trinajstić information content (AvgIpc) is 3.48. The number of imidazole rings is 1. The van der Waals surface area contributed by atoms with Gasteiger partial charge in [0.2, 0.25) is 0 Å². The van der Waals surface area contributed by atoms with Crippen molar-refractivity contribution in [3.63, 3.8) is 0 Å². The van der Waals surface area contributed by atoms with Crippen LogP contribution in [0.5, 0.6) is 0 Å². The van der Waals surface area contributed by atoms with Crippen molar-refractivity contribution in [1.29, 1.82) is 0 Å². The van der Waals surface area contributed by atoms with Crippen LogP contribution in [0.3, 0.4) is 0 Å². The average molecular weight is 395 g/mol. The van der Waals surface area contributed by atoms with E-state index in [0.717, 1.165) is 46.4 Å². The second kappa shape index (κ2) is 7.75. The Bertz CT molecular complexity index is 896. The molecule has 0 saturated heterocycles. The highest BCUT2D eigenvalue weighted by Gasteiger charge is 2.41. The molecule has 5 rings (SSSR count). The highest BCUT2D eigenvalue weighted by atomic mass is 16.1. The molecule has 1 amide bonds. The van der Waals surface area contributed by atoms with E-state index < -0.39 is 0 Å². The zero-order valence-electron chi connectivity index (χ0n) is 17.8. The Hall–Kier alpha value is -1.88. The number of hydrogen-bond acceptors (Lipinski definition) is 3. The number of aromatic amines is 1. The van der Waals surface area contributed by atoms with Gasteiger partial charge in [-0.15, -0.1) is 0 Å². The SMILES string of the molecule is CNC1CCC(CNC(=O)c2ccc(C)c3nc(C4CC5CCC4C5)[nH]c23)CC1. The lowest BCUT2D eigenvalue weighted by molar-refractivity contribution is 0.0944. The van der Waals surface area contributed by atoms with Gasteiger partial charge in [0.1, 0.15) is 5.82 Å². The first-order valence-electron chi connectivity index (χ1n) is 11.6. The molecule has 29 heavy (non-hydrogen) atoms. The summed E-state index contributed by atoms with van der Waals surface area (Å²) in [5.41, 5.74) is 3.80. The van der Waals surface area contributed by atoms with E-state index in [-0.39, 0.29) is 5.91 Å². The molecule has 2 aromatic rings. The molecule has 3 unspecified atom stereocenters. The molecule has 5 nitrogen and oxygen atoms in total. The van der Waals surface area contributed by atoms with Crippen molar-refractivity contribution in [2.24, 2.45) is 17.8 Å². The van der Waals surface area contributed by atoms with E-state index >= 15 is 0 Å². The van der Waals surface area contributed by atoms with Gasteiger partial charge in [-0.05, 0) is 88.3 Å². The summed E-state index contributed by atoms with van der Waals surface area (Å²) in [5.74, 6) is 3.97. The van der Waals surface area contributed by atoms with Crippen LogP contribution in [0.1, 0.15) is 79.0 Å². The van der Waals surface area contributed by atoms with E-state index in [1.807, 2.05) is 19.2 Å². The molecule has 156 valence electrons. The molecule has 2 bridgehead atoms. The lowest BCUT2D eigenvalue weighted by Crippen LogP contribution is -2.35. The Morgan fingerprint density at radius 1 is 1.14 bits per heavy atom. The minimum atomic E-state index is 0.0360. The van der Waals surface area contributed by atoms with Crippen molar-refractivity contribution in [3.8, 4) is 0 Å². The van der Waals surface area contributed by atoms with Crippen molar-refractivity contribution in [2.45, 2.75) is 70.3 Å². The van der Waals surface area contributed by atoms with Gasteiger partial charge in [-0.3, -0.25) is 4.79 Å². The van der Waals surface area contributed by atoms with E-state index in [2.05, 4.69) is 22.5 Å². The number of nitrogens with one attached hydrogen (secondary N) is 3. The van der Waals surface area contributed by atoms with Crippen LogP contribution in [-0.2, 0) is 0 Å². The number of benzene rings is 1. The molecule has 3 aliphatic carbocycles. The Kier molecular flexibility index (Phi) is 5.10. The fraction of sp³-hybridized carbons (Fsp3) is 0.667. The van der Waals surface area contributed by atoms with Gasteiger partial charge < -0.3 is 15.6 Å². The molecular formula is C24H34N4O. The van der Waals surface area contributed by atoms with E-state index in [1.54, 1.807) is 0 Å². The Labute approximate surface area is 173 Å². The van der Waals surface area contributed by atoms with Gasteiger partial charge in [-0.2, -0.15) is 0 Å². The van der Waals surface area contributed by atoms with Crippen LogP contribution in [0.2, 0.25) is 0 Å². The molecule has 5 heteroatoms. The number of H-pyrrole nitrogens is 1. The second-order valence-electron chi connectivity index (χ2n) is 9.77. The summed E-state index contributed by atoms with van der Waals surface area (Å²) in [4.78, 5) is 21.6. The lowest BCUT2D eigenvalue weighted by Gasteiger charge is -2.28. The summed E-state index contributed by atoms with van der Waals surface area (Å²) >= 11 is 0.